The van der Waals surface area contributed by atoms with E-state index >= 15 is 0 Å². The van der Waals surface area contributed by atoms with Crippen molar-refractivity contribution in [1.82, 2.24) is 4.57 Å². The molecule has 10 heteroatoms. The fraction of sp³-hybridized carbons (Fsp3) is 0.0741. The number of fused-ring (bicyclic) bond motifs is 6. The third kappa shape index (κ3) is 8.72. The molecule has 91 heavy (non-hydrogen) atoms. The molecule has 0 spiro atoms. The molecule has 0 amide bonds. The smallest absolute Gasteiger partial charge is 0.640 e. The molecule has 436 valence electrons. The Balaban J connectivity index is 1.14. The van der Waals surface area contributed by atoms with Crippen molar-refractivity contribution < 1.29 is 32.5 Å². The van der Waals surface area contributed by atoms with Crippen LogP contribution < -0.4 is 38.2 Å². The summed E-state index contributed by atoms with van der Waals surface area (Å²) < 4.78 is 53.6. The lowest BCUT2D eigenvalue weighted by Crippen LogP contribution is -2.75. The first-order valence-corrected chi connectivity index (χ1v) is 31.2. The first-order chi connectivity index (χ1) is 44.5. The molecule has 0 N–H and O–H groups in total. The van der Waals surface area contributed by atoms with Gasteiger partial charge in [0.25, 0.3) is 0 Å². The molecule has 0 radical (unpaired) electrons. The van der Waals surface area contributed by atoms with Gasteiger partial charge in [0.15, 0.2) is 0 Å². The van der Waals surface area contributed by atoms with E-state index in [0.717, 1.165) is 143 Å². The van der Waals surface area contributed by atoms with E-state index in [2.05, 4.69) is 288 Å². The van der Waals surface area contributed by atoms with Crippen molar-refractivity contribution in [2.45, 2.75) is 41.5 Å². The van der Waals surface area contributed by atoms with Crippen molar-refractivity contribution in [2.75, 3.05) is 0 Å². The summed E-state index contributed by atoms with van der Waals surface area (Å²) in [6.07, 6.45) is 4.30. The third-order valence-corrected chi connectivity index (χ3v) is 18.5. The van der Waals surface area contributed by atoms with Gasteiger partial charge in [-0.05, 0) is 165 Å². The van der Waals surface area contributed by atoms with Crippen LogP contribution in [0.4, 0.5) is 0 Å². The molecule has 3 aliphatic rings. The lowest BCUT2D eigenvalue weighted by atomic mass is 9.73. The Morgan fingerprint density at radius 1 is 0.319 bits per heavy atom. The second-order valence-corrected chi connectivity index (χ2v) is 24.5. The van der Waals surface area contributed by atoms with Gasteiger partial charge in [0.2, 0.25) is 5.72 Å². The molecular weight excluding hydrogens is 1120 g/mol. The summed E-state index contributed by atoms with van der Waals surface area (Å²) in [6, 6.07) is 84.6. The maximum Gasteiger partial charge on any atom is 0.864 e. The highest BCUT2D eigenvalue weighted by Gasteiger charge is 2.54. The minimum absolute atomic E-state index is 0.475. The van der Waals surface area contributed by atoms with Crippen molar-refractivity contribution in [3.63, 3.8) is 0 Å². The van der Waals surface area contributed by atoms with E-state index in [4.69, 9.17) is 27.9 Å². The van der Waals surface area contributed by atoms with Gasteiger partial charge >= 0.3 is 14.1 Å². The topological polar surface area (TPSA) is 64.2 Å². The molecular formula is C81H60B2N2O6. The molecule has 0 saturated heterocycles. The van der Waals surface area contributed by atoms with E-state index in [9.17, 15) is 0 Å². The van der Waals surface area contributed by atoms with Crippen molar-refractivity contribution in [1.29, 1.82) is 0 Å². The highest BCUT2D eigenvalue weighted by Crippen LogP contribution is 2.53. The average molecular weight is 1180 g/mol. The Labute approximate surface area is 527 Å². The molecule has 3 aliphatic heterocycles. The molecule has 0 fully saturated rings. The van der Waals surface area contributed by atoms with Crippen LogP contribution in [-0.4, -0.2) is 18.6 Å². The molecule has 2 bridgehead atoms. The summed E-state index contributed by atoms with van der Waals surface area (Å²) in [5, 5.41) is 11.4. The Kier molecular flexibility index (Phi) is 12.4. The standard InChI is InChI=1S/C81H60B2N2O6/c1-49-45-51(3)79(52(4)46-49)84-43-44-85(80-53(5)47-50(2)48-54(80)6)81(84)83-89-70-40-34-58-22-10-16-28-64(58)76(70)73-61-25-13-7-19-55(61)31-37-67(73)86-82(87-68-38-32-56-20-8-14-26-62(56)74(68)77-65-29-17-11-23-59(65)35-41-71(77)90-83)88-69-39-33-57-21-9-15-27-63(57)75(69)78-66-30-18-12-24-60(66)36-42-72(78)91-83/h7-48H,1-6H3. The normalized spacial score (nSPS) is 13.3. The van der Waals surface area contributed by atoms with Gasteiger partial charge in [-0.25, -0.2) is 9.13 Å². The maximum atomic E-state index is 8.66. The van der Waals surface area contributed by atoms with Crippen molar-refractivity contribution >= 4 is 84.4 Å². The molecule has 1 aromatic heterocycles. The zero-order chi connectivity index (χ0) is 61.2. The lowest BCUT2D eigenvalue weighted by molar-refractivity contribution is -0.578. The number of aryl methyl sites for hydroxylation is 6. The molecule has 8 nitrogen and oxygen atoms in total. The van der Waals surface area contributed by atoms with E-state index in [1.165, 1.54) is 0 Å². The SMILES string of the molecule is Cc1cc(C)c(-n2cc[n+](-c3c(C)cc(C)cc3C)c2[B-]23Oc4ccc5ccccc5c4-c4c(ccc5ccccc45)OB(Oc4ccc5ccccc5c4-c4c(ccc5ccccc45)O2)Oc2ccc4ccccc4c2-c2c(ccc4ccccc24)O3)c(C)c1. The first kappa shape index (κ1) is 54.0. The molecule has 0 aliphatic carbocycles. The fourth-order valence-corrected chi connectivity index (χ4v) is 15.0. The van der Waals surface area contributed by atoms with E-state index in [-0.39, 0.29) is 0 Å². The van der Waals surface area contributed by atoms with Gasteiger partial charge in [-0.1, -0.05) is 217 Å². The molecule has 0 saturated carbocycles. The minimum Gasteiger partial charge on any atom is -0.640 e. The van der Waals surface area contributed by atoms with Crippen molar-refractivity contribution in [2.24, 2.45) is 0 Å². The van der Waals surface area contributed by atoms with Gasteiger partial charge in [0, 0.05) is 33.4 Å². The van der Waals surface area contributed by atoms with Crippen LogP contribution in [-0.2, 0) is 0 Å². The Morgan fingerprint density at radius 3 is 0.912 bits per heavy atom. The zero-order valence-corrected chi connectivity index (χ0v) is 51.2. The van der Waals surface area contributed by atoms with Gasteiger partial charge in [0.05, 0.1) is 17.2 Å². The van der Waals surface area contributed by atoms with Crippen molar-refractivity contribution in [3.8, 4) is 79.3 Å². The van der Waals surface area contributed by atoms with Crippen LogP contribution in [0.25, 0.3) is 109 Å². The van der Waals surface area contributed by atoms with Crippen LogP contribution in [0.1, 0.15) is 33.4 Å². The molecule has 14 aromatic carbocycles. The number of nitrogens with zero attached hydrogens (tertiary/aromatic N) is 2. The quantitative estimate of drug-likeness (QED) is 0.130. The number of hydrogen-bond donors (Lipinski definition) is 0. The monoisotopic (exact) mass is 1180 g/mol. The van der Waals surface area contributed by atoms with Gasteiger partial charge in [-0.15, -0.1) is 0 Å². The summed E-state index contributed by atoms with van der Waals surface area (Å²) in [4.78, 5) is 0. The zero-order valence-electron chi connectivity index (χ0n) is 51.2. The van der Waals surface area contributed by atoms with Crippen LogP contribution in [0.2, 0.25) is 0 Å². The molecule has 15 aromatic rings. The van der Waals surface area contributed by atoms with E-state index in [0.29, 0.717) is 40.2 Å². The number of hydrogen-bond acceptors (Lipinski definition) is 6. The molecule has 4 heterocycles. The molecule has 0 atom stereocenters. The van der Waals surface area contributed by atoms with Crippen LogP contribution >= 0.6 is 0 Å². The summed E-state index contributed by atoms with van der Waals surface area (Å²) in [7, 11) is -1.43. The second kappa shape index (κ2) is 21.0. The largest absolute Gasteiger partial charge is 0.864 e. The van der Waals surface area contributed by atoms with Gasteiger partial charge in [0.1, 0.15) is 41.0 Å². The molecule has 18 rings (SSSR count). The van der Waals surface area contributed by atoms with Crippen LogP contribution in [0.5, 0.6) is 34.5 Å². The number of rotatable bonds is 3. The van der Waals surface area contributed by atoms with E-state index < -0.39 is 14.1 Å². The predicted molar refractivity (Wildman–Crippen MR) is 371 cm³/mol. The third-order valence-electron chi connectivity index (χ3n) is 18.5. The van der Waals surface area contributed by atoms with E-state index in [1.54, 1.807) is 0 Å². The molecule has 0 unspecified atom stereocenters. The Bertz CT molecular complexity index is 5020. The average Bonchev–Trinajstić information content (AvgIpc) is 1.72. The van der Waals surface area contributed by atoms with Crippen LogP contribution in [0.15, 0.2) is 255 Å². The summed E-state index contributed by atoms with van der Waals surface area (Å²) in [6.45, 7) is 9.45. The summed E-state index contributed by atoms with van der Waals surface area (Å²) in [5.74, 6) is 2.91. The number of aromatic nitrogens is 2. The van der Waals surface area contributed by atoms with Crippen molar-refractivity contribution in [3.05, 3.63) is 288 Å². The Morgan fingerprint density at radius 2 is 0.593 bits per heavy atom. The Hall–Kier alpha value is -11.2. The van der Waals surface area contributed by atoms with E-state index in [1.807, 2.05) is 18.2 Å². The van der Waals surface area contributed by atoms with Gasteiger partial charge < -0.3 is 27.9 Å². The fourth-order valence-electron chi connectivity index (χ4n) is 15.0. The van der Waals surface area contributed by atoms with Crippen LogP contribution in [0.3, 0.4) is 0 Å². The number of benzene rings is 14. The highest BCUT2D eigenvalue weighted by molar-refractivity contribution is 6.75. The maximum absolute atomic E-state index is 8.66. The van der Waals surface area contributed by atoms with Gasteiger partial charge in [-0.2, -0.15) is 0 Å². The first-order valence-electron chi connectivity index (χ1n) is 31.2. The predicted octanol–water partition coefficient (Wildman–Crippen LogP) is 19.1. The highest BCUT2D eigenvalue weighted by atomic mass is 16.8. The lowest BCUT2D eigenvalue weighted by Gasteiger charge is -2.43. The minimum atomic E-state index is -3.59. The summed E-state index contributed by atoms with van der Waals surface area (Å²) >= 11 is 0. The second-order valence-electron chi connectivity index (χ2n) is 24.5. The van der Waals surface area contributed by atoms with Gasteiger partial charge in [-0.3, -0.25) is 0 Å². The number of imidazole rings is 1. The summed E-state index contributed by atoms with van der Waals surface area (Å²) in [5.41, 5.74) is 13.5. The van der Waals surface area contributed by atoms with Crippen LogP contribution in [0, 0.1) is 41.5 Å².